The molecule has 2 saturated heterocycles. The first-order valence-corrected chi connectivity index (χ1v) is 10.9. The number of hydrogen-bond donors (Lipinski definition) is 0. The van der Waals surface area contributed by atoms with Gasteiger partial charge in [-0.25, -0.2) is 9.97 Å². The van der Waals surface area contributed by atoms with Crippen LogP contribution in [0.4, 0.5) is 5.82 Å². The van der Waals surface area contributed by atoms with E-state index in [1.165, 1.54) is 24.8 Å². The van der Waals surface area contributed by atoms with Gasteiger partial charge in [0.1, 0.15) is 11.5 Å². The molecule has 1 amide bonds. The summed E-state index contributed by atoms with van der Waals surface area (Å²) in [6, 6.07) is 11.0. The average Bonchev–Trinajstić information content (AvgIpc) is 2.80. The zero-order valence-corrected chi connectivity index (χ0v) is 17.3. The van der Waals surface area contributed by atoms with Gasteiger partial charge in [0.2, 0.25) is 0 Å². The van der Waals surface area contributed by atoms with Crippen LogP contribution in [0.25, 0.3) is 0 Å². The van der Waals surface area contributed by atoms with Crippen molar-refractivity contribution in [3.05, 3.63) is 54.0 Å². The normalized spacial score (nSPS) is 20.7. The molecule has 3 heterocycles. The number of nitrogens with zero attached hydrogens (tertiary/aromatic N) is 5. The van der Waals surface area contributed by atoms with Crippen LogP contribution in [0.5, 0.6) is 0 Å². The molecule has 1 aromatic heterocycles. The van der Waals surface area contributed by atoms with E-state index in [1.807, 2.05) is 11.0 Å². The van der Waals surface area contributed by atoms with E-state index < -0.39 is 0 Å². The van der Waals surface area contributed by atoms with Crippen molar-refractivity contribution in [2.75, 3.05) is 37.6 Å². The summed E-state index contributed by atoms with van der Waals surface area (Å²) in [4.78, 5) is 28.6. The first kappa shape index (κ1) is 19.8. The Kier molecular flexibility index (Phi) is 6.39. The summed E-state index contributed by atoms with van der Waals surface area (Å²) in [5.41, 5.74) is 1.77. The predicted molar refractivity (Wildman–Crippen MR) is 115 cm³/mol. The fourth-order valence-corrected chi connectivity index (χ4v) is 4.42. The smallest absolute Gasteiger partial charge is 0.274 e. The second kappa shape index (κ2) is 9.35. The highest BCUT2D eigenvalue weighted by Crippen LogP contribution is 2.24. The Morgan fingerprint density at radius 3 is 2.48 bits per heavy atom. The van der Waals surface area contributed by atoms with Crippen molar-refractivity contribution in [1.82, 2.24) is 19.8 Å². The lowest BCUT2D eigenvalue weighted by Gasteiger charge is -2.36. The van der Waals surface area contributed by atoms with Gasteiger partial charge in [-0.15, -0.1) is 0 Å². The molecule has 0 spiro atoms. The summed E-state index contributed by atoms with van der Waals surface area (Å²) in [6.07, 6.45) is 8.27. The van der Waals surface area contributed by atoms with Crippen molar-refractivity contribution in [3.63, 3.8) is 0 Å². The monoisotopic (exact) mass is 393 g/mol. The Labute approximate surface area is 173 Å². The van der Waals surface area contributed by atoms with E-state index in [1.54, 1.807) is 12.4 Å². The summed E-state index contributed by atoms with van der Waals surface area (Å²) in [5, 5.41) is 0. The average molecular weight is 394 g/mol. The quantitative estimate of drug-likeness (QED) is 0.781. The highest BCUT2D eigenvalue weighted by molar-refractivity contribution is 5.92. The third-order valence-corrected chi connectivity index (χ3v) is 6.16. The molecule has 2 fully saturated rings. The van der Waals surface area contributed by atoms with Gasteiger partial charge in [-0.1, -0.05) is 37.3 Å². The van der Waals surface area contributed by atoms with Crippen molar-refractivity contribution < 1.29 is 4.79 Å². The summed E-state index contributed by atoms with van der Waals surface area (Å²) in [6.45, 7) is 7.44. The lowest BCUT2D eigenvalue weighted by molar-refractivity contribution is 0.0622. The summed E-state index contributed by atoms with van der Waals surface area (Å²) >= 11 is 0. The topological polar surface area (TPSA) is 52.6 Å². The highest BCUT2D eigenvalue weighted by atomic mass is 16.2. The van der Waals surface area contributed by atoms with Crippen molar-refractivity contribution in [3.8, 4) is 0 Å². The van der Waals surface area contributed by atoms with Crippen molar-refractivity contribution in [2.24, 2.45) is 0 Å². The number of carbonyl (C=O) groups excluding carboxylic acids is 1. The molecule has 1 atom stereocenters. The molecule has 0 N–H and O–H groups in total. The fraction of sp³-hybridized carbons (Fsp3) is 0.522. The third kappa shape index (κ3) is 4.75. The molecule has 2 aliphatic rings. The minimum absolute atomic E-state index is 0.00547. The van der Waals surface area contributed by atoms with Gasteiger partial charge in [-0.2, -0.15) is 0 Å². The van der Waals surface area contributed by atoms with Crippen molar-refractivity contribution in [2.45, 2.75) is 45.2 Å². The van der Waals surface area contributed by atoms with Gasteiger partial charge in [-0.3, -0.25) is 9.69 Å². The van der Waals surface area contributed by atoms with Gasteiger partial charge in [-0.05, 0) is 31.2 Å². The molecule has 0 radical (unpaired) electrons. The molecule has 0 aliphatic carbocycles. The zero-order chi connectivity index (χ0) is 20.1. The van der Waals surface area contributed by atoms with E-state index in [0.717, 1.165) is 51.5 Å². The number of anilines is 1. The molecule has 2 aromatic rings. The van der Waals surface area contributed by atoms with Crippen LogP contribution < -0.4 is 4.90 Å². The van der Waals surface area contributed by atoms with Crippen LogP contribution in [0.2, 0.25) is 0 Å². The molecule has 6 nitrogen and oxygen atoms in total. The minimum atomic E-state index is -0.00547. The van der Waals surface area contributed by atoms with E-state index in [0.29, 0.717) is 11.7 Å². The zero-order valence-electron chi connectivity index (χ0n) is 17.3. The molecular weight excluding hydrogens is 362 g/mol. The number of piperidine rings is 1. The third-order valence-electron chi connectivity index (χ3n) is 6.16. The molecule has 154 valence electrons. The molecule has 6 heteroatoms. The highest BCUT2D eigenvalue weighted by Gasteiger charge is 2.25. The van der Waals surface area contributed by atoms with Gasteiger partial charge >= 0.3 is 0 Å². The fourth-order valence-electron chi connectivity index (χ4n) is 4.42. The van der Waals surface area contributed by atoms with Crippen LogP contribution in [-0.4, -0.2) is 64.4 Å². The van der Waals surface area contributed by atoms with E-state index in [2.05, 4.69) is 51.0 Å². The summed E-state index contributed by atoms with van der Waals surface area (Å²) in [5.74, 6) is 0.898. The van der Waals surface area contributed by atoms with Gasteiger partial charge in [0.25, 0.3) is 5.91 Å². The molecule has 0 bridgehead atoms. The van der Waals surface area contributed by atoms with Crippen LogP contribution in [0, 0.1) is 0 Å². The Hall–Kier alpha value is -2.47. The Bertz CT molecular complexity index is 787. The predicted octanol–water partition coefficient (Wildman–Crippen LogP) is 3.20. The first-order valence-electron chi connectivity index (χ1n) is 10.9. The standard InChI is InChI=1S/C23H31N5O/c1-2-20-10-6-7-11-28(20)22-17-24-21(16-25-22)23(29)27-14-12-26(13-15-27)18-19-8-4-3-5-9-19/h3-5,8-9,16-17,20H,2,6-7,10-15,18H2,1H3. The second-order valence-electron chi connectivity index (χ2n) is 8.07. The Morgan fingerprint density at radius 1 is 1.00 bits per heavy atom. The maximum absolute atomic E-state index is 12.9. The number of hydrogen-bond acceptors (Lipinski definition) is 5. The second-order valence-corrected chi connectivity index (χ2v) is 8.07. The van der Waals surface area contributed by atoms with E-state index in [9.17, 15) is 4.79 Å². The van der Waals surface area contributed by atoms with Crippen LogP contribution in [0.1, 0.15) is 48.7 Å². The van der Waals surface area contributed by atoms with Crippen LogP contribution in [0.3, 0.4) is 0 Å². The SMILES string of the molecule is CCC1CCCCN1c1cnc(C(=O)N2CCN(Cc3ccccc3)CC2)cn1. The minimum Gasteiger partial charge on any atom is -0.352 e. The number of benzene rings is 1. The number of amides is 1. The van der Waals surface area contributed by atoms with Crippen molar-refractivity contribution >= 4 is 11.7 Å². The summed E-state index contributed by atoms with van der Waals surface area (Å²) < 4.78 is 0. The van der Waals surface area contributed by atoms with E-state index in [4.69, 9.17) is 0 Å². The van der Waals surface area contributed by atoms with Crippen LogP contribution >= 0.6 is 0 Å². The van der Waals surface area contributed by atoms with E-state index in [-0.39, 0.29) is 5.91 Å². The first-order chi connectivity index (χ1) is 14.2. The molecular formula is C23H31N5O. The lowest BCUT2D eigenvalue weighted by Crippen LogP contribution is -2.48. The van der Waals surface area contributed by atoms with E-state index >= 15 is 0 Å². The number of rotatable bonds is 5. The number of aromatic nitrogens is 2. The maximum Gasteiger partial charge on any atom is 0.274 e. The van der Waals surface area contributed by atoms with Crippen LogP contribution in [0.15, 0.2) is 42.7 Å². The van der Waals surface area contributed by atoms with Crippen molar-refractivity contribution in [1.29, 1.82) is 0 Å². The molecule has 1 aromatic carbocycles. The Morgan fingerprint density at radius 2 is 1.79 bits per heavy atom. The molecule has 29 heavy (non-hydrogen) atoms. The molecule has 0 saturated carbocycles. The molecule has 2 aliphatic heterocycles. The Balaban J connectivity index is 1.33. The summed E-state index contributed by atoms with van der Waals surface area (Å²) in [7, 11) is 0. The van der Waals surface area contributed by atoms with Gasteiger partial charge < -0.3 is 9.80 Å². The number of piperazine rings is 1. The number of carbonyl (C=O) groups is 1. The largest absolute Gasteiger partial charge is 0.352 e. The molecule has 1 unspecified atom stereocenters. The maximum atomic E-state index is 12.9. The van der Waals surface area contributed by atoms with Crippen LogP contribution in [-0.2, 0) is 6.54 Å². The van der Waals surface area contributed by atoms with Gasteiger partial charge in [0.05, 0.1) is 12.4 Å². The van der Waals surface area contributed by atoms with Gasteiger partial charge in [0, 0.05) is 45.3 Å². The lowest BCUT2D eigenvalue weighted by atomic mass is 10.0. The molecule has 4 rings (SSSR count). The van der Waals surface area contributed by atoms with Gasteiger partial charge in [0.15, 0.2) is 0 Å².